The second-order valence-corrected chi connectivity index (χ2v) is 5.88. The van der Waals surface area contributed by atoms with Crippen LogP contribution >= 0.6 is 11.8 Å². The zero-order valence-corrected chi connectivity index (χ0v) is 12.8. The molecule has 1 atom stereocenters. The van der Waals surface area contributed by atoms with Crippen LogP contribution in [0, 0.1) is 0 Å². The molecule has 3 N–H and O–H groups in total. The number of nitrogens with one attached hydrogen (secondary N) is 1. The largest absolute Gasteiger partial charge is 0.497 e. The zero-order chi connectivity index (χ0) is 14.8. The molecule has 0 spiro atoms. The van der Waals surface area contributed by atoms with E-state index >= 15 is 0 Å². The lowest BCUT2D eigenvalue weighted by atomic mass is 10.1. The molecule has 21 heavy (non-hydrogen) atoms. The molecule has 0 saturated carbocycles. The second kappa shape index (κ2) is 5.79. The molecule has 5 heteroatoms. The molecule has 0 aliphatic carbocycles. The fraction of sp³-hybridized carbons (Fsp3) is 0.188. The highest BCUT2D eigenvalue weighted by Gasteiger charge is 2.10. The number of aromatic nitrogens is 2. The number of H-pyrrole nitrogens is 1. The number of aromatic amines is 1. The third-order valence-corrected chi connectivity index (χ3v) is 4.26. The van der Waals surface area contributed by atoms with Crippen molar-refractivity contribution < 1.29 is 4.74 Å². The lowest BCUT2D eigenvalue weighted by Gasteiger charge is -2.10. The van der Waals surface area contributed by atoms with E-state index in [-0.39, 0.29) is 6.04 Å². The number of hydrogen-bond acceptors (Lipinski definition) is 4. The van der Waals surface area contributed by atoms with Crippen LogP contribution in [0.2, 0.25) is 0 Å². The van der Waals surface area contributed by atoms with Gasteiger partial charge in [0.25, 0.3) is 0 Å². The van der Waals surface area contributed by atoms with Crippen molar-refractivity contribution in [1.82, 2.24) is 9.97 Å². The van der Waals surface area contributed by atoms with E-state index in [0.717, 1.165) is 32.4 Å². The molecule has 0 saturated heterocycles. The Morgan fingerprint density at radius 1 is 1.24 bits per heavy atom. The van der Waals surface area contributed by atoms with Gasteiger partial charge in [0.2, 0.25) is 0 Å². The van der Waals surface area contributed by atoms with Crippen LogP contribution < -0.4 is 10.5 Å². The van der Waals surface area contributed by atoms with E-state index in [1.807, 2.05) is 37.3 Å². The van der Waals surface area contributed by atoms with Crippen molar-refractivity contribution in [2.45, 2.75) is 23.0 Å². The lowest BCUT2D eigenvalue weighted by molar-refractivity contribution is 0.415. The van der Waals surface area contributed by atoms with E-state index in [1.54, 1.807) is 18.9 Å². The molecule has 3 aromatic rings. The molecule has 1 aromatic heterocycles. The van der Waals surface area contributed by atoms with E-state index in [2.05, 4.69) is 22.1 Å². The highest BCUT2D eigenvalue weighted by atomic mass is 32.2. The number of nitrogens with two attached hydrogens (primary N) is 1. The van der Waals surface area contributed by atoms with Gasteiger partial charge in [-0.05, 0) is 30.7 Å². The van der Waals surface area contributed by atoms with Crippen LogP contribution in [-0.4, -0.2) is 17.1 Å². The van der Waals surface area contributed by atoms with Crippen molar-refractivity contribution in [3.8, 4) is 5.75 Å². The van der Waals surface area contributed by atoms with Crippen molar-refractivity contribution in [2.75, 3.05) is 7.11 Å². The Morgan fingerprint density at radius 2 is 2.05 bits per heavy atom. The fourth-order valence-electron chi connectivity index (χ4n) is 2.19. The molecule has 4 nitrogen and oxygen atoms in total. The van der Waals surface area contributed by atoms with Gasteiger partial charge in [-0.25, -0.2) is 4.98 Å². The topological polar surface area (TPSA) is 63.9 Å². The lowest BCUT2D eigenvalue weighted by Crippen LogP contribution is -2.06. The minimum Gasteiger partial charge on any atom is -0.497 e. The predicted molar refractivity (Wildman–Crippen MR) is 85.8 cm³/mol. The Balaban J connectivity index is 1.95. The second-order valence-electron chi connectivity index (χ2n) is 4.85. The third-order valence-electron chi connectivity index (χ3n) is 3.28. The van der Waals surface area contributed by atoms with Crippen LogP contribution in [0.1, 0.15) is 18.5 Å². The molecular formula is C16H17N3OS. The van der Waals surface area contributed by atoms with Gasteiger partial charge in [-0.2, -0.15) is 0 Å². The summed E-state index contributed by atoms with van der Waals surface area (Å²) in [7, 11) is 1.66. The number of fused-ring (bicyclic) bond motifs is 1. The molecule has 0 bridgehead atoms. The first-order valence-corrected chi connectivity index (χ1v) is 7.55. The maximum Gasteiger partial charge on any atom is 0.171 e. The van der Waals surface area contributed by atoms with Gasteiger partial charge in [0.1, 0.15) is 5.75 Å². The quantitative estimate of drug-likeness (QED) is 0.770. The van der Waals surface area contributed by atoms with E-state index in [9.17, 15) is 0 Å². The van der Waals surface area contributed by atoms with Gasteiger partial charge < -0.3 is 15.5 Å². The van der Waals surface area contributed by atoms with Crippen LogP contribution in [0.5, 0.6) is 5.75 Å². The molecular weight excluding hydrogens is 282 g/mol. The summed E-state index contributed by atoms with van der Waals surface area (Å²) in [6.45, 7) is 1.99. The summed E-state index contributed by atoms with van der Waals surface area (Å²) >= 11 is 1.59. The Bertz CT molecular complexity index is 767. The van der Waals surface area contributed by atoms with E-state index in [1.165, 1.54) is 0 Å². The minimum absolute atomic E-state index is 0.00169. The number of benzene rings is 2. The number of hydrogen-bond donors (Lipinski definition) is 2. The van der Waals surface area contributed by atoms with Crippen molar-refractivity contribution in [3.05, 3.63) is 48.0 Å². The SMILES string of the molecule is COc1ccc2nc(Sc3ccccc3[C@@H](C)N)[nH]c2c1. The first-order chi connectivity index (χ1) is 10.2. The average Bonchev–Trinajstić information content (AvgIpc) is 2.88. The van der Waals surface area contributed by atoms with Gasteiger partial charge >= 0.3 is 0 Å². The number of nitrogens with zero attached hydrogens (tertiary/aromatic N) is 1. The van der Waals surface area contributed by atoms with Crippen LogP contribution in [-0.2, 0) is 0 Å². The molecule has 2 aromatic carbocycles. The summed E-state index contributed by atoms with van der Waals surface area (Å²) in [5.41, 5.74) is 9.04. The third kappa shape index (κ3) is 2.89. The number of methoxy groups -OCH3 is 1. The molecule has 3 rings (SSSR count). The van der Waals surface area contributed by atoms with Crippen LogP contribution in [0.4, 0.5) is 0 Å². The highest BCUT2D eigenvalue weighted by Crippen LogP contribution is 2.32. The number of imidazole rings is 1. The average molecular weight is 299 g/mol. The normalized spacial score (nSPS) is 12.5. The number of ether oxygens (including phenoxy) is 1. The van der Waals surface area contributed by atoms with Crippen LogP contribution in [0.15, 0.2) is 52.5 Å². The van der Waals surface area contributed by atoms with Crippen LogP contribution in [0.3, 0.4) is 0 Å². The maximum absolute atomic E-state index is 6.02. The standard InChI is InChI=1S/C16H17N3OS/c1-10(17)12-5-3-4-6-15(12)21-16-18-13-8-7-11(20-2)9-14(13)19-16/h3-10H,17H2,1-2H3,(H,18,19)/t10-/m1/s1. The summed E-state index contributed by atoms with van der Waals surface area (Å²) in [6.07, 6.45) is 0. The van der Waals surface area contributed by atoms with E-state index in [4.69, 9.17) is 10.5 Å². The van der Waals surface area contributed by atoms with Gasteiger partial charge in [0, 0.05) is 17.0 Å². The van der Waals surface area contributed by atoms with Gasteiger partial charge in [-0.1, -0.05) is 30.0 Å². The first-order valence-electron chi connectivity index (χ1n) is 6.73. The van der Waals surface area contributed by atoms with Crippen molar-refractivity contribution in [3.63, 3.8) is 0 Å². The Hall–Kier alpha value is -1.98. The molecule has 0 amide bonds. The molecule has 108 valence electrons. The summed E-state index contributed by atoms with van der Waals surface area (Å²) in [4.78, 5) is 9.03. The number of rotatable bonds is 4. The smallest absolute Gasteiger partial charge is 0.171 e. The Labute approximate surface area is 127 Å². The molecule has 1 heterocycles. The predicted octanol–water partition coefficient (Wildman–Crippen LogP) is 3.74. The monoisotopic (exact) mass is 299 g/mol. The van der Waals surface area contributed by atoms with Gasteiger partial charge in [0.15, 0.2) is 5.16 Å². The van der Waals surface area contributed by atoms with Gasteiger partial charge in [-0.3, -0.25) is 0 Å². The highest BCUT2D eigenvalue weighted by molar-refractivity contribution is 7.99. The van der Waals surface area contributed by atoms with Gasteiger partial charge in [0.05, 0.1) is 18.1 Å². The van der Waals surface area contributed by atoms with E-state index < -0.39 is 0 Å². The van der Waals surface area contributed by atoms with Crippen molar-refractivity contribution in [1.29, 1.82) is 0 Å². The fourth-order valence-corrected chi connectivity index (χ4v) is 3.23. The molecule has 0 aliphatic rings. The van der Waals surface area contributed by atoms with Crippen molar-refractivity contribution in [2.24, 2.45) is 5.73 Å². The Kier molecular flexibility index (Phi) is 3.86. The zero-order valence-electron chi connectivity index (χ0n) is 12.0. The summed E-state index contributed by atoms with van der Waals surface area (Å²) in [6, 6.07) is 13.9. The molecule has 0 aliphatic heterocycles. The molecule has 0 fully saturated rings. The molecule has 0 unspecified atom stereocenters. The van der Waals surface area contributed by atoms with Crippen LogP contribution in [0.25, 0.3) is 11.0 Å². The van der Waals surface area contributed by atoms with E-state index in [0.29, 0.717) is 0 Å². The first kappa shape index (κ1) is 14.0. The summed E-state index contributed by atoms with van der Waals surface area (Å²) in [5.74, 6) is 0.818. The molecule has 0 radical (unpaired) electrons. The summed E-state index contributed by atoms with van der Waals surface area (Å²) < 4.78 is 5.23. The summed E-state index contributed by atoms with van der Waals surface area (Å²) in [5, 5.41) is 0.853. The minimum atomic E-state index is -0.00169. The van der Waals surface area contributed by atoms with Gasteiger partial charge in [-0.15, -0.1) is 0 Å². The maximum atomic E-state index is 6.02. The van der Waals surface area contributed by atoms with Crippen molar-refractivity contribution >= 4 is 22.8 Å². The Morgan fingerprint density at radius 3 is 2.81 bits per heavy atom.